The van der Waals surface area contributed by atoms with Crippen LogP contribution in [0.1, 0.15) is 26.3 Å². The number of benzene rings is 1. The zero-order valence-corrected chi connectivity index (χ0v) is 11.3. The molecule has 1 aromatic rings. The molecule has 0 saturated heterocycles. The first-order valence-electron chi connectivity index (χ1n) is 6.19. The summed E-state index contributed by atoms with van der Waals surface area (Å²) in [6, 6.07) is 7.56. The summed E-state index contributed by atoms with van der Waals surface area (Å²) < 4.78 is 5.35. The minimum Gasteiger partial charge on any atom is -0.494 e. The Morgan fingerprint density at radius 2 is 1.94 bits per heavy atom. The molecule has 0 spiro atoms. The van der Waals surface area contributed by atoms with Gasteiger partial charge in [0.25, 0.3) is 0 Å². The van der Waals surface area contributed by atoms with Crippen molar-refractivity contribution in [3.63, 3.8) is 0 Å². The molecule has 0 aliphatic heterocycles. The third kappa shape index (κ3) is 4.75. The highest BCUT2D eigenvalue weighted by Crippen LogP contribution is 2.12. The molecular formula is C14H22N2O2. The largest absolute Gasteiger partial charge is 0.494 e. The maximum Gasteiger partial charge on any atom is 0.224 e. The topological polar surface area (TPSA) is 64.3 Å². The van der Waals surface area contributed by atoms with E-state index in [1.807, 2.05) is 45.0 Å². The molecule has 3 N–H and O–H groups in total. The minimum atomic E-state index is -0.359. The van der Waals surface area contributed by atoms with Crippen LogP contribution in [0.25, 0.3) is 0 Å². The number of hydrogen-bond acceptors (Lipinski definition) is 3. The molecule has 0 atom stereocenters. The van der Waals surface area contributed by atoms with E-state index in [0.717, 1.165) is 11.3 Å². The Labute approximate surface area is 109 Å². The van der Waals surface area contributed by atoms with Gasteiger partial charge in [-0.2, -0.15) is 0 Å². The van der Waals surface area contributed by atoms with Gasteiger partial charge in [-0.3, -0.25) is 4.79 Å². The van der Waals surface area contributed by atoms with Gasteiger partial charge in [-0.25, -0.2) is 0 Å². The molecule has 1 aromatic carbocycles. The molecule has 0 fully saturated rings. The summed E-state index contributed by atoms with van der Waals surface area (Å²) in [4.78, 5) is 11.8. The van der Waals surface area contributed by atoms with Gasteiger partial charge in [0.05, 0.1) is 13.0 Å². The highest BCUT2D eigenvalue weighted by molar-refractivity contribution is 5.79. The average Bonchev–Trinajstić information content (AvgIpc) is 2.31. The molecule has 4 heteroatoms. The fourth-order valence-corrected chi connectivity index (χ4v) is 1.53. The van der Waals surface area contributed by atoms with Crippen molar-refractivity contribution in [1.29, 1.82) is 0 Å². The van der Waals surface area contributed by atoms with Gasteiger partial charge in [0.2, 0.25) is 5.91 Å². The van der Waals surface area contributed by atoms with Crippen molar-refractivity contribution in [3.8, 4) is 5.75 Å². The lowest BCUT2D eigenvalue weighted by Gasteiger charge is -2.24. The smallest absolute Gasteiger partial charge is 0.224 e. The fraction of sp³-hybridized carbons (Fsp3) is 0.500. The summed E-state index contributed by atoms with van der Waals surface area (Å²) in [5.41, 5.74) is 6.17. The van der Waals surface area contributed by atoms with Crippen LogP contribution in [-0.2, 0) is 11.2 Å². The second kappa shape index (κ2) is 6.40. The standard InChI is InChI=1S/C14H22N2O2/c1-4-18-12-7-5-11(6-8-12)9-13(17)16-14(2,3)10-15/h5-8H,4,9-10,15H2,1-3H3,(H,16,17). The van der Waals surface area contributed by atoms with Crippen molar-refractivity contribution in [2.24, 2.45) is 5.73 Å². The first kappa shape index (κ1) is 14.5. The summed E-state index contributed by atoms with van der Waals surface area (Å²) in [5.74, 6) is 0.804. The summed E-state index contributed by atoms with van der Waals surface area (Å²) in [6.07, 6.45) is 0.357. The molecular weight excluding hydrogens is 228 g/mol. The van der Waals surface area contributed by atoms with Crippen LogP contribution >= 0.6 is 0 Å². The lowest BCUT2D eigenvalue weighted by atomic mass is 10.1. The van der Waals surface area contributed by atoms with Gasteiger partial charge in [-0.1, -0.05) is 12.1 Å². The van der Waals surface area contributed by atoms with E-state index in [-0.39, 0.29) is 11.4 Å². The Morgan fingerprint density at radius 3 is 2.44 bits per heavy atom. The van der Waals surface area contributed by atoms with Crippen LogP contribution in [0.2, 0.25) is 0 Å². The molecule has 0 bridgehead atoms. The van der Waals surface area contributed by atoms with Gasteiger partial charge in [-0.15, -0.1) is 0 Å². The van der Waals surface area contributed by atoms with Gasteiger partial charge >= 0.3 is 0 Å². The van der Waals surface area contributed by atoms with Gasteiger partial charge in [0.1, 0.15) is 5.75 Å². The molecule has 1 amide bonds. The van der Waals surface area contributed by atoms with Crippen molar-refractivity contribution >= 4 is 5.91 Å². The highest BCUT2D eigenvalue weighted by atomic mass is 16.5. The fourth-order valence-electron chi connectivity index (χ4n) is 1.53. The number of nitrogens with two attached hydrogens (primary N) is 1. The molecule has 1 rings (SSSR count). The molecule has 0 aliphatic carbocycles. The lowest BCUT2D eigenvalue weighted by Crippen LogP contribution is -2.49. The third-order valence-electron chi connectivity index (χ3n) is 2.59. The van der Waals surface area contributed by atoms with E-state index in [2.05, 4.69) is 5.32 Å². The van der Waals surface area contributed by atoms with E-state index in [9.17, 15) is 4.79 Å². The zero-order chi connectivity index (χ0) is 13.6. The number of nitrogens with one attached hydrogen (secondary N) is 1. The van der Waals surface area contributed by atoms with Gasteiger partial charge < -0.3 is 15.8 Å². The van der Waals surface area contributed by atoms with E-state index in [1.165, 1.54) is 0 Å². The van der Waals surface area contributed by atoms with Crippen LogP contribution in [0, 0.1) is 0 Å². The Morgan fingerprint density at radius 1 is 1.33 bits per heavy atom. The minimum absolute atomic E-state index is 0.0189. The van der Waals surface area contributed by atoms with E-state index in [4.69, 9.17) is 10.5 Å². The second-order valence-corrected chi connectivity index (χ2v) is 4.89. The number of carbonyl (C=O) groups excluding carboxylic acids is 1. The van der Waals surface area contributed by atoms with Gasteiger partial charge in [0, 0.05) is 12.1 Å². The normalized spacial score (nSPS) is 11.1. The quantitative estimate of drug-likeness (QED) is 0.804. The van der Waals surface area contributed by atoms with Crippen molar-refractivity contribution < 1.29 is 9.53 Å². The lowest BCUT2D eigenvalue weighted by molar-refractivity contribution is -0.121. The molecule has 0 radical (unpaired) electrons. The van der Waals surface area contributed by atoms with Crippen LogP contribution in [0.5, 0.6) is 5.75 Å². The van der Waals surface area contributed by atoms with E-state index >= 15 is 0 Å². The average molecular weight is 250 g/mol. The molecule has 18 heavy (non-hydrogen) atoms. The van der Waals surface area contributed by atoms with E-state index in [1.54, 1.807) is 0 Å². The number of amides is 1. The van der Waals surface area contributed by atoms with Gasteiger partial charge in [0.15, 0.2) is 0 Å². The summed E-state index contributed by atoms with van der Waals surface area (Å²) >= 11 is 0. The van der Waals surface area contributed by atoms with Gasteiger partial charge in [-0.05, 0) is 38.5 Å². The summed E-state index contributed by atoms with van der Waals surface area (Å²) in [6.45, 7) is 6.81. The second-order valence-electron chi connectivity index (χ2n) is 4.89. The number of rotatable bonds is 6. The molecule has 0 heterocycles. The monoisotopic (exact) mass is 250 g/mol. The Bertz CT molecular complexity index is 385. The predicted molar refractivity (Wildman–Crippen MR) is 72.6 cm³/mol. The first-order valence-corrected chi connectivity index (χ1v) is 6.19. The highest BCUT2D eigenvalue weighted by Gasteiger charge is 2.18. The number of carbonyl (C=O) groups is 1. The molecule has 0 saturated carbocycles. The summed E-state index contributed by atoms with van der Waals surface area (Å²) in [7, 11) is 0. The Kier molecular flexibility index (Phi) is 5.16. The van der Waals surface area contributed by atoms with Crippen molar-refractivity contribution in [2.75, 3.05) is 13.2 Å². The molecule has 4 nitrogen and oxygen atoms in total. The van der Waals surface area contributed by atoms with Crippen LogP contribution < -0.4 is 15.8 Å². The first-order chi connectivity index (χ1) is 8.46. The number of hydrogen-bond donors (Lipinski definition) is 2. The van der Waals surface area contributed by atoms with Crippen molar-refractivity contribution in [2.45, 2.75) is 32.7 Å². The third-order valence-corrected chi connectivity index (χ3v) is 2.59. The molecule has 100 valence electrons. The zero-order valence-electron chi connectivity index (χ0n) is 11.3. The number of ether oxygens (including phenoxy) is 1. The predicted octanol–water partition coefficient (Wildman–Crippen LogP) is 1.48. The Balaban J connectivity index is 2.54. The summed E-state index contributed by atoms with van der Waals surface area (Å²) in [5, 5.41) is 2.90. The SMILES string of the molecule is CCOc1ccc(CC(=O)NC(C)(C)CN)cc1. The van der Waals surface area contributed by atoms with Crippen LogP contribution in [0.15, 0.2) is 24.3 Å². The maximum absolute atomic E-state index is 11.8. The van der Waals surface area contributed by atoms with Crippen molar-refractivity contribution in [1.82, 2.24) is 5.32 Å². The molecule has 0 aliphatic rings. The van der Waals surface area contributed by atoms with Crippen LogP contribution in [0.3, 0.4) is 0 Å². The Hall–Kier alpha value is -1.55. The van der Waals surface area contributed by atoms with Crippen LogP contribution in [0.4, 0.5) is 0 Å². The molecule has 0 unspecified atom stereocenters. The van der Waals surface area contributed by atoms with E-state index < -0.39 is 0 Å². The van der Waals surface area contributed by atoms with E-state index in [0.29, 0.717) is 19.6 Å². The van der Waals surface area contributed by atoms with Crippen molar-refractivity contribution in [3.05, 3.63) is 29.8 Å². The van der Waals surface area contributed by atoms with Crippen LogP contribution in [-0.4, -0.2) is 24.6 Å². The maximum atomic E-state index is 11.8. The molecule has 0 aromatic heterocycles.